The van der Waals surface area contributed by atoms with E-state index in [0.29, 0.717) is 12.1 Å². The zero-order valence-corrected chi connectivity index (χ0v) is 7.06. The lowest BCUT2D eigenvalue weighted by Gasteiger charge is -2.21. The van der Waals surface area contributed by atoms with E-state index in [1.165, 1.54) is 6.08 Å². The third-order valence-corrected chi connectivity index (χ3v) is 2.51. The highest BCUT2D eigenvalue weighted by atomic mass is 19.3. The van der Waals surface area contributed by atoms with E-state index in [1.54, 1.807) is 6.08 Å². The number of nitrogens with one attached hydrogen (secondary N) is 1. The first-order valence-corrected chi connectivity index (χ1v) is 4.29. The van der Waals surface area contributed by atoms with Crippen LogP contribution in [0, 0.1) is 5.92 Å². The van der Waals surface area contributed by atoms with E-state index >= 15 is 0 Å². The summed E-state index contributed by atoms with van der Waals surface area (Å²) in [6.07, 6.45) is 2.92. The Kier molecular flexibility index (Phi) is 1.87. The molecule has 1 aliphatic carbocycles. The molecule has 0 spiro atoms. The number of aliphatic hydroxyl groups excluding tert-OH is 1. The van der Waals surface area contributed by atoms with Gasteiger partial charge in [0.05, 0.1) is 12.3 Å². The number of aliphatic hydroxyl groups is 1. The lowest BCUT2D eigenvalue weighted by atomic mass is 9.94. The molecule has 0 aromatic rings. The van der Waals surface area contributed by atoms with Gasteiger partial charge in [-0.05, 0) is 5.57 Å². The maximum atomic E-state index is 13.2. The van der Waals surface area contributed by atoms with Crippen molar-refractivity contribution < 1.29 is 13.9 Å². The molecule has 13 heavy (non-hydrogen) atoms. The van der Waals surface area contributed by atoms with Gasteiger partial charge in [-0.25, -0.2) is 0 Å². The SMILES string of the molecule is OC[C@@H]1CNC2=C1C=CCC2(F)F. The molecule has 2 rings (SSSR count). The van der Waals surface area contributed by atoms with Gasteiger partial charge in [-0.15, -0.1) is 0 Å². The minimum atomic E-state index is -2.77. The molecule has 0 unspecified atom stereocenters. The van der Waals surface area contributed by atoms with Crippen LogP contribution in [-0.4, -0.2) is 24.2 Å². The van der Waals surface area contributed by atoms with Crippen LogP contribution in [0.15, 0.2) is 23.4 Å². The standard InChI is InChI=1S/C9H11F2NO/c10-9(11)3-1-2-7-6(5-13)4-12-8(7)9/h1-2,6,12-13H,3-5H2/t6-/m0/s1. The van der Waals surface area contributed by atoms with E-state index in [1.807, 2.05) is 0 Å². The minimum Gasteiger partial charge on any atom is -0.396 e. The molecule has 0 aromatic heterocycles. The molecule has 1 atom stereocenters. The highest BCUT2D eigenvalue weighted by Crippen LogP contribution is 2.38. The first-order valence-electron chi connectivity index (χ1n) is 4.29. The van der Waals surface area contributed by atoms with Crippen molar-refractivity contribution in [1.82, 2.24) is 5.32 Å². The summed E-state index contributed by atoms with van der Waals surface area (Å²) in [7, 11) is 0. The van der Waals surface area contributed by atoms with Crippen LogP contribution in [0.3, 0.4) is 0 Å². The van der Waals surface area contributed by atoms with Crippen molar-refractivity contribution in [2.45, 2.75) is 12.3 Å². The monoisotopic (exact) mass is 187 g/mol. The van der Waals surface area contributed by atoms with Crippen molar-refractivity contribution in [3.63, 3.8) is 0 Å². The molecule has 1 heterocycles. The van der Waals surface area contributed by atoms with Gasteiger partial charge in [0, 0.05) is 18.9 Å². The maximum absolute atomic E-state index is 13.2. The van der Waals surface area contributed by atoms with Crippen LogP contribution < -0.4 is 5.32 Å². The summed E-state index contributed by atoms with van der Waals surface area (Å²) >= 11 is 0. The van der Waals surface area contributed by atoms with E-state index < -0.39 is 5.92 Å². The Morgan fingerprint density at radius 3 is 3.08 bits per heavy atom. The second-order valence-electron chi connectivity index (χ2n) is 3.40. The fraction of sp³-hybridized carbons (Fsp3) is 0.556. The Hall–Kier alpha value is -0.900. The average Bonchev–Trinajstić information content (AvgIpc) is 2.48. The fourth-order valence-electron chi connectivity index (χ4n) is 1.80. The predicted octanol–water partition coefficient (Wildman–Crippen LogP) is 1.05. The van der Waals surface area contributed by atoms with Crippen LogP contribution in [0.4, 0.5) is 8.78 Å². The van der Waals surface area contributed by atoms with Crippen molar-refractivity contribution >= 4 is 0 Å². The molecule has 2 aliphatic rings. The van der Waals surface area contributed by atoms with Crippen molar-refractivity contribution in [2.24, 2.45) is 5.92 Å². The predicted molar refractivity (Wildman–Crippen MR) is 44.3 cm³/mol. The molecule has 0 bridgehead atoms. The van der Waals surface area contributed by atoms with Crippen LogP contribution in [0.5, 0.6) is 0 Å². The maximum Gasteiger partial charge on any atom is 0.290 e. The zero-order chi connectivity index (χ0) is 9.47. The molecule has 0 saturated carbocycles. The van der Waals surface area contributed by atoms with Gasteiger partial charge in [0.2, 0.25) is 0 Å². The summed E-state index contributed by atoms with van der Waals surface area (Å²) in [5.74, 6) is -2.94. The van der Waals surface area contributed by atoms with Gasteiger partial charge in [-0.2, -0.15) is 8.78 Å². The Morgan fingerprint density at radius 1 is 1.62 bits per heavy atom. The third kappa shape index (κ3) is 1.25. The summed E-state index contributed by atoms with van der Waals surface area (Å²) in [6, 6.07) is 0. The van der Waals surface area contributed by atoms with Crippen LogP contribution >= 0.6 is 0 Å². The van der Waals surface area contributed by atoms with Gasteiger partial charge in [0.1, 0.15) is 0 Å². The average molecular weight is 187 g/mol. The van der Waals surface area contributed by atoms with E-state index in [-0.39, 0.29) is 24.6 Å². The molecular weight excluding hydrogens is 176 g/mol. The molecule has 2 N–H and O–H groups in total. The van der Waals surface area contributed by atoms with Gasteiger partial charge in [0.25, 0.3) is 5.92 Å². The lowest BCUT2D eigenvalue weighted by Crippen LogP contribution is -2.28. The topological polar surface area (TPSA) is 32.3 Å². The summed E-state index contributed by atoms with van der Waals surface area (Å²) in [5, 5.41) is 11.6. The second kappa shape index (κ2) is 2.80. The molecule has 0 aromatic carbocycles. The minimum absolute atomic E-state index is 0.00838. The number of alkyl halides is 2. The van der Waals surface area contributed by atoms with Gasteiger partial charge < -0.3 is 10.4 Å². The highest BCUT2D eigenvalue weighted by molar-refractivity contribution is 5.39. The highest BCUT2D eigenvalue weighted by Gasteiger charge is 2.41. The van der Waals surface area contributed by atoms with Crippen LogP contribution in [0.25, 0.3) is 0 Å². The zero-order valence-electron chi connectivity index (χ0n) is 7.06. The molecule has 0 fully saturated rings. The number of allylic oxidation sites excluding steroid dienone is 3. The molecule has 1 aliphatic heterocycles. The quantitative estimate of drug-likeness (QED) is 0.643. The van der Waals surface area contributed by atoms with E-state index in [4.69, 9.17) is 5.11 Å². The van der Waals surface area contributed by atoms with Gasteiger partial charge in [-0.1, -0.05) is 12.2 Å². The van der Waals surface area contributed by atoms with Crippen molar-refractivity contribution in [2.75, 3.05) is 13.2 Å². The van der Waals surface area contributed by atoms with Crippen LogP contribution in [0.2, 0.25) is 0 Å². The van der Waals surface area contributed by atoms with E-state index in [9.17, 15) is 8.78 Å². The molecule has 2 nitrogen and oxygen atoms in total. The normalized spacial score (nSPS) is 30.2. The largest absolute Gasteiger partial charge is 0.396 e. The first kappa shape index (κ1) is 8.69. The molecular formula is C9H11F2NO. The van der Waals surface area contributed by atoms with E-state index in [0.717, 1.165) is 0 Å². The second-order valence-corrected chi connectivity index (χ2v) is 3.40. The smallest absolute Gasteiger partial charge is 0.290 e. The van der Waals surface area contributed by atoms with Crippen molar-refractivity contribution in [1.29, 1.82) is 0 Å². The summed E-state index contributed by atoms with van der Waals surface area (Å²) in [6.45, 7) is 0.341. The molecule has 0 radical (unpaired) electrons. The Bertz CT molecular complexity index is 283. The van der Waals surface area contributed by atoms with Crippen LogP contribution in [0.1, 0.15) is 6.42 Å². The summed E-state index contributed by atoms with van der Waals surface area (Å²) in [4.78, 5) is 0. The first-order chi connectivity index (χ1) is 6.15. The van der Waals surface area contributed by atoms with Crippen molar-refractivity contribution in [3.05, 3.63) is 23.4 Å². The Balaban J connectivity index is 2.35. The summed E-state index contributed by atoms with van der Waals surface area (Å²) < 4.78 is 26.4. The number of rotatable bonds is 1. The molecule has 4 heteroatoms. The molecule has 72 valence electrons. The molecule has 0 amide bonds. The van der Waals surface area contributed by atoms with Crippen LogP contribution in [-0.2, 0) is 0 Å². The van der Waals surface area contributed by atoms with Gasteiger partial charge in [-0.3, -0.25) is 0 Å². The number of halogens is 2. The number of hydrogen-bond donors (Lipinski definition) is 2. The lowest BCUT2D eigenvalue weighted by molar-refractivity contribution is 0.0374. The van der Waals surface area contributed by atoms with E-state index in [2.05, 4.69) is 5.32 Å². The van der Waals surface area contributed by atoms with Crippen molar-refractivity contribution in [3.8, 4) is 0 Å². The molecule has 0 saturated heterocycles. The van der Waals surface area contributed by atoms with Gasteiger partial charge >= 0.3 is 0 Å². The third-order valence-electron chi connectivity index (χ3n) is 2.51. The summed E-state index contributed by atoms with van der Waals surface area (Å²) in [5.41, 5.74) is 0.577. The number of hydrogen-bond acceptors (Lipinski definition) is 2. The fourth-order valence-corrected chi connectivity index (χ4v) is 1.80. The Morgan fingerprint density at radius 2 is 2.38 bits per heavy atom. The van der Waals surface area contributed by atoms with Gasteiger partial charge in [0.15, 0.2) is 0 Å². The Labute approximate surface area is 74.9 Å².